The average Bonchev–Trinajstić information content (AvgIpc) is 2.97. The maximum atomic E-state index is 12.3. The van der Waals surface area contributed by atoms with Gasteiger partial charge in [0.15, 0.2) is 0 Å². The number of aromatic nitrogens is 1. The molecule has 0 radical (unpaired) electrons. The van der Waals surface area contributed by atoms with Crippen LogP contribution in [-0.2, 0) is 7.05 Å². The number of hydrogen-bond acceptors (Lipinski definition) is 4. The van der Waals surface area contributed by atoms with Gasteiger partial charge in [-0.15, -0.1) is 5.10 Å². The minimum absolute atomic E-state index is 0.238. The standard InChI is InChI=1S/C19H21N3O2S/c1-3-4-13-24-15-11-9-14(10-12-15)18(23)20-21-19-22(2)16-7-5-6-8-17(16)25-19/h5-12H,3-4,13H2,1-2H3,(H,20,23)/b21-19-. The van der Waals surface area contributed by atoms with Crippen molar-refractivity contribution < 1.29 is 9.53 Å². The maximum absolute atomic E-state index is 12.3. The minimum atomic E-state index is -0.238. The molecule has 0 saturated carbocycles. The molecule has 1 N–H and O–H groups in total. The van der Waals surface area contributed by atoms with Crippen LogP contribution in [0.2, 0.25) is 0 Å². The molecule has 0 unspecified atom stereocenters. The summed E-state index contributed by atoms with van der Waals surface area (Å²) in [6.07, 6.45) is 2.12. The van der Waals surface area contributed by atoms with Crippen molar-refractivity contribution >= 4 is 27.5 Å². The summed E-state index contributed by atoms with van der Waals surface area (Å²) >= 11 is 1.54. The molecule has 0 spiro atoms. The topological polar surface area (TPSA) is 55.6 Å². The van der Waals surface area contributed by atoms with E-state index >= 15 is 0 Å². The van der Waals surface area contributed by atoms with Crippen molar-refractivity contribution in [1.29, 1.82) is 0 Å². The lowest BCUT2D eigenvalue weighted by molar-refractivity contribution is 0.0953. The van der Waals surface area contributed by atoms with Crippen LogP contribution in [0.3, 0.4) is 0 Å². The van der Waals surface area contributed by atoms with Gasteiger partial charge in [0.2, 0.25) is 4.80 Å². The van der Waals surface area contributed by atoms with Gasteiger partial charge in [0.1, 0.15) is 5.75 Å². The Balaban J connectivity index is 1.70. The normalized spacial score (nSPS) is 11.7. The molecule has 0 aliphatic carbocycles. The fourth-order valence-electron chi connectivity index (χ4n) is 2.39. The van der Waals surface area contributed by atoms with Gasteiger partial charge < -0.3 is 9.30 Å². The van der Waals surface area contributed by atoms with Gasteiger partial charge in [0.05, 0.1) is 16.8 Å². The molecule has 6 heteroatoms. The Kier molecular flexibility index (Phi) is 5.50. The number of rotatable bonds is 6. The Hall–Kier alpha value is -2.60. The van der Waals surface area contributed by atoms with Crippen LogP contribution in [0.5, 0.6) is 5.75 Å². The number of aryl methyl sites for hydroxylation is 1. The summed E-state index contributed by atoms with van der Waals surface area (Å²) in [5.74, 6) is 0.537. The number of nitrogens with zero attached hydrogens (tertiary/aromatic N) is 2. The van der Waals surface area contributed by atoms with Gasteiger partial charge in [-0.3, -0.25) is 4.79 Å². The van der Waals surface area contributed by atoms with Gasteiger partial charge in [0.25, 0.3) is 5.91 Å². The number of ether oxygens (including phenoxy) is 1. The predicted molar refractivity (Wildman–Crippen MR) is 101 cm³/mol. The first kappa shape index (κ1) is 17.2. The second-order valence-electron chi connectivity index (χ2n) is 5.69. The van der Waals surface area contributed by atoms with E-state index in [9.17, 15) is 4.79 Å². The van der Waals surface area contributed by atoms with Crippen molar-refractivity contribution in [2.45, 2.75) is 19.8 Å². The molecule has 0 aliphatic heterocycles. The average molecular weight is 355 g/mol. The van der Waals surface area contributed by atoms with Crippen LogP contribution >= 0.6 is 11.3 Å². The third-order valence-electron chi connectivity index (χ3n) is 3.85. The van der Waals surface area contributed by atoms with E-state index in [-0.39, 0.29) is 5.91 Å². The Morgan fingerprint density at radius 3 is 2.68 bits per heavy atom. The van der Waals surface area contributed by atoms with E-state index in [1.54, 1.807) is 12.1 Å². The van der Waals surface area contributed by atoms with Crippen molar-refractivity contribution in [2.24, 2.45) is 12.1 Å². The monoisotopic (exact) mass is 355 g/mol. The molecule has 0 bridgehead atoms. The zero-order chi connectivity index (χ0) is 17.6. The fraction of sp³-hybridized carbons (Fsp3) is 0.263. The zero-order valence-corrected chi connectivity index (χ0v) is 15.2. The number of fused-ring (bicyclic) bond motifs is 1. The molecule has 5 nitrogen and oxygen atoms in total. The number of para-hydroxylation sites is 1. The summed E-state index contributed by atoms with van der Waals surface area (Å²) in [5, 5.41) is 4.25. The van der Waals surface area contributed by atoms with Crippen LogP contribution in [0.1, 0.15) is 30.1 Å². The van der Waals surface area contributed by atoms with Crippen molar-refractivity contribution in [3.05, 3.63) is 58.9 Å². The second-order valence-corrected chi connectivity index (χ2v) is 6.70. The van der Waals surface area contributed by atoms with Gasteiger partial charge >= 0.3 is 0 Å². The van der Waals surface area contributed by atoms with Gasteiger partial charge in [-0.25, -0.2) is 5.43 Å². The van der Waals surface area contributed by atoms with Crippen molar-refractivity contribution in [3.63, 3.8) is 0 Å². The molecule has 0 aliphatic rings. The van der Waals surface area contributed by atoms with Gasteiger partial charge in [-0.1, -0.05) is 36.8 Å². The lowest BCUT2D eigenvalue weighted by atomic mass is 10.2. The third kappa shape index (κ3) is 4.09. The second kappa shape index (κ2) is 7.98. The van der Waals surface area contributed by atoms with E-state index in [4.69, 9.17) is 4.74 Å². The van der Waals surface area contributed by atoms with E-state index in [1.165, 1.54) is 11.3 Å². The molecule has 0 saturated heterocycles. The first-order valence-corrected chi connectivity index (χ1v) is 9.12. The highest BCUT2D eigenvalue weighted by atomic mass is 32.1. The first-order valence-electron chi connectivity index (χ1n) is 8.30. The molecule has 130 valence electrons. The lowest BCUT2D eigenvalue weighted by Crippen LogP contribution is -2.23. The summed E-state index contributed by atoms with van der Waals surface area (Å²) in [6, 6.07) is 15.2. The molecule has 3 rings (SSSR count). The van der Waals surface area contributed by atoms with Gasteiger partial charge in [-0.2, -0.15) is 0 Å². The van der Waals surface area contributed by atoms with Crippen LogP contribution in [0.25, 0.3) is 10.2 Å². The highest BCUT2D eigenvalue weighted by Gasteiger charge is 2.06. The smallest absolute Gasteiger partial charge is 0.271 e. The molecule has 0 fully saturated rings. The molecule has 1 aromatic heterocycles. The molecule has 0 atom stereocenters. The highest BCUT2D eigenvalue weighted by Crippen LogP contribution is 2.15. The molecule has 1 amide bonds. The van der Waals surface area contributed by atoms with E-state index in [1.807, 2.05) is 48.0 Å². The Labute approximate surface area is 150 Å². The number of carbonyl (C=O) groups is 1. The molecule has 25 heavy (non-hydrogen) atoms. The number of benzene rings is 2. The SMILES string of the molecule is CCCCOc1ccc(C(=O)N/N=c2\sc3ccccc3n2C)cc1. The predicted octanol–water partition coefficient (Wildman–Crippen LogP) is 3.66. The van der Waals surface area contributed by atoms with E-state index < -0.39 is 0 Å². The Morgan fingerprint density at radius 1 is 1.20 bits per heavy atom. The van der Waals surface area contributed by atoms with Crippen LogP contribution in [0, 0.1) is 0 Å². The zero-order valence-electron chi connectivity index (χ0n) is 14.4. The van der Waals surface area contributed by atoms with E-state index in [0.29, 0.717) is 12.2 Å². The summed E-state index contributed by atoms with van der Waals surface area (Å²) in [5.41, 5.74) is 4.27. The highest BCUT2D eigenvalue weighted by molar-refractivity contribution is 7.16. The van der Waals surface area contributed by atoms with Crippen LogP contribution in [0.15, 0.2) is 53.6 Å². The largest absolute Gasteiger partial charge is 0.494 e. The number of hydrogen-bond donors (Lipinski definition) is 1. The summed E-state index contributed by atoms with van der Waals surface area (Å²) in [4.78, 5) is 13.0. The third-order valence-corrected chi connectivity index (χ3v) is 4.96. The first-order chi connectivity index (χ1) is 12.2. The van der Waals surface area contributed by atoms with Crippen LogP contribution in [0.4, 0.5) is 0 Å². The van der Waals surface area contributed by atoms with Crippen molar-refractivity contribution in [2.75, 3.05) is 6.61 Å². The van der Waals surface area contributed by atoms with Crippen molar-refractivity contribution in [1.82, 2.24) is 9.99 Å². The maximum Gasteiger partial charge on any atom is 0.271 e. The van der Waals surface area contributed by atoms with Crippen molar-refractivity contribution in [3.8, 4) is 5.75 Å². The molecule has 2 aromatic carbocycles. The van der Waals surface area contributed by atoms with E-state index in [0.717, 1.165) is 33.6 Å². The number of thiazole rings is 1. The Morgan fingerprint density at radius 2 is 1.96 bits per heavy atom. The Bertz CT molecular complexity index is 926. The summed E-state index contributed by atoms with van der Waals surface area (Å²) in [6.45, 7) is 2.82. The number of nitrogens with one attached hydrogen (secondary N) is 1. The quantitative estimate of drug-likeness (QED) is 0.542. The fourth-order valence-corrected chi connectivity index (χ4v) is 3.37. The summed E-state index contributed by atoms with van der Waals surface area (Å²) < 4.78 is 8.70. The molecule has 1 heterocycles. The molecular formula is C19H21N3O2S. The van der Waals surface area contributed by atoms with E-state index in [2.05, 4.69) is 17.5 Å². The molecule has 3 aromatic rings. The van der Waals surface area contributed by atoms with Crippen LogP contribution in [-0.4, -0.2) is 17.1 Å². The number of amides is 1. The minimum Gasteiger partial charge on any atom is -0.494 e. The lowest BCUT2D eigenvalue weighted by Gasteiger charge is -2.05. The molecular weight excluding hydrogens is 334 g/mol. The van der Waals surface area contributed by atoms with Crippen LogP contribution < -0.4 is 15.0 Å². The number of unbranched alkanes of at least 4 members (excludes halogenated alkanes) is 1. The van der Waals surface area contributed by atoms with Gasteiger partial charge in [-0.05, 0) is 42.8 Å². The van der Waals surface area contributed by atoms with Gasteiger partial charge in [0, 0.05) is 12.6 Å². The number of carbonyl (C=O) groups excluding carboxylic acids is 1. The summed E-state index contributed by atoms with van der Waals surface area (Å²) in [7, 11) is 1.94.